The van der Waals surface area contributed by atoms with Crippen molar-refractivity contribution in [3.8, 4) is 0 Å². The number of rotatable bonds is 13. The molecule has 0 heterocycles. The van der Waals surface area contributed by atoms with Gasteiger partial charge in [-0.25, -0.2) is 0 Å². The van der Waals surface area contributed by atoms with Crippen LogP contribution in [0.4, 0.5) is 17.3 Å². The van der Waals surface area contributed by atoms with Gasteiger partial charge in [-0.15, -0.1) is 0 Å². The van der Waals surface area contributed by atoms with Crippen molar-refractivity contribution < 1.29 is 31.0 Å². The molecule has 0 amide bonds. The third kappa shape index (κ3) is 16.9. The molecule has 77 heavy (non-hydrogen) atoms. The molecule has 0 bridgehead atoms. The van der Waals surface area contributed by atoms with Gasteiger partial charge in [0.2, 0.25) is 0 Å². The Balaban J connectivity index is 0.000000170. The first kappa shape index (κ1) is 58.5. The molecule has 0 atom stereocenters. The van der Waals surface area contributed by atoms with Gasteiger partial charge in [-0.1, -0.05) is 182 Å². The normalized spacial score (nSPS) is 11.5. The third-order valence-electron chi connectivity index (χ3n) is 11.7. The Labute approximate surface area is 467 Å². The number of allylic oxidation sites excluding steroid dienone is 2. The fourth-order valence-electron chi connectivity index (χ4n) is 8.70. The summed E-state index contributed by atoms with van der Waals surface area (Å²) in [6.45, 7) is 1.86. The number of benzene rings is 10. The van der Waals surface area contributed by atoms with E-state index in [0.29, 0.717) is 5.71 Å². The standard InChI is InChI=1S/C29H25NP.2C18H15P.BF4.2ClH.Os/c1-23(30)29(25-15-7-3-8-16-25)24(2)31(26-17-9-4-10-18-26,27-19-11-5-12-20-27)28-21-13-6-14-22-28;2*1-4-10-16(11-5-1)19(17-12-6-2-7-13-17)18-14-8-3-9-15-18;2-1(3,4)5;;;/h2-22,30H,1H3;2*1-15H;;2*1H;/q+1;;;-1;;;+2/p-2/b29-24-,30-23?;;;;;;. The van der Waals surface area contributed by atoms with Gasteiger partial charge in [-0.2, -0.15) is 0 Å². The first-order valence-electron chi connectivity index (χ1n) is 24.5. The molecule has 0 spiro atoms. The van der Waals surface area contributed by atoms with E-state index in [1.54, 1.807) is 0 Å². The van der Waals surface area contributed by atoms with Crippen LogP contribution in [0.25, 0.3) is 5.57 Å². The Hall–Kier alpha value is -6.23. The molecular formula is C65H55BCl2F4NOsP3. The van der Waals surface area contributed by atoms with Crippen LogP contribution >= 0.6 is 42.4 Å². The molecule has 0 unspecified atom stereocenters. The maximum absolute atomic E-state index is 9.75. The van der Waals surface area contributed by atoms with Crippen LogP contribution < -0.4 is 47.7 Å². The molecule has 1 N–H and O–H groups in total. The van der Waals surface area contributed by atoms with Gasteiger partial charge in [0.25, 0.3) is 0 Å². The quantitative estimate of drug-likeness (QED) is 0.0515. The van der Waals surface area contributed by atoms with E-state index in [1.807, 2.05) is 43.3 Å². The van der Waals surface area contributed by atoms with E-state index in [1.165, 1.54) is 47.7 Å². The van der Waals surface area contributed by atoms with Crippen LogP contribution in [0.5, 0.6) is 0 Å². The van der Waals surface area contributed by atoms with Gasteiger partial charge < -0.3 is 17.3 Å². The maximum Gasteiger partial charge on any atom is 0.673 e. The van der Waals surface area contributed by atoms with Crippen molar-refractivity contribution in [3.63, 3.8) is 0 Å². The summed E-state index contributed by atoms with van der Waals surface area (Å²) in [5, 5.41) is 22.0. The second-order valence-corrected chi connectivity index (χ2v) is 32.8. The van der Waals surface area contributed by atoms with E-state index in [2.05, 4.69) is 271 Å². The third-order valence-corrected chi connectivity index (χ3v) is 24.1. The molecule has 0 saturated carbocycles. The Morgan fingerprint density at radius 1 is 0.377 bits per heavy atom. The van der Waals surface area contributed by atoms with Crippen molar-refractivity contribution in [2.75, 3.05) is 0 Å². The zero-order valence-electron chi connectivity index (χ0n) is 42.0. The van der Waals surface area contributed by atoms with E-state index in [4.69, 9.17) is 24.7 Å². The van der Waals surface area contributed by atoms with E-state index in [9.17, 15) is 17.3 Å². The number of hydrogen-bond donors (Lipinski definition) is 1. The van der Waals surface area contributed by atoms with E-state index >= 15 is 0 Å². The minimum atomic E-state index is -6.00. The van der Waals surface area contributed by atoms with Crippen LogP contribution in [-0.4, -0.2) is 17.5 Å². The van der Waals surface area contributed by atoms with Crippen molar-refractivity contribution >= 4 is 113 Å². The molecule has 0 aliphatic rings. The summed E-state index contributed by atoms with van der Waals surface area (Å²) in [6, 6.07) is 107. The van der Waals surface area contributed by atoms with Crippen LogP contribution in [0.2, 0.25) is 0 Å². The predicted octanol–water partition coefficient (Wildman–Crippen LogP) is 15.3. The zero-order valence-corrected chi connectivity index (χ0v) is 48.7. The SMILES string of the molecule is CC(=N)/C(=C(\[CH]=[Os]([Cl])[Cl])[P+](c1ccccc1)(c1ccccc1)c1ccccc1)c1ccccc1.F[B-](F)(F)F.c1ccc(P(c2ccccc2)c2ccccc2)cc1.c1ccc(P(c2ccccc2)c2ccccc2)cc1. The van der Waals surface area contributed by atoms with Gasteiger partial charge in [0, 0.05) is 0 Å². The summed E-state index contributed by atoms with van der Waals surface area (Å²) in [5.74, 6) is 0. The molecule has 0 saturated heterocycles. The molecule has 0 aromatic heterocycles. The van der Waals surface area contributed by atoms with Crippen LogP contribution in [0.3, 0.4) is 0 Å². The molecule has 1 nitrogen and oxygen atoms in total. The molecule has 10 aromatic rings. The number of nitrogens with one attached hydrogen (secondary N) is 1. The van der Waals surface area contributed by atoms with Gasteiger partial charge in [0.15, 0.2) is 0 Å². The molecular weight excluding hydrogens is 1240 g/mol. The van der Waals surface area contributed by atoms with E-state index in [0.717, 1.165) is 16.5 Å². The first-order valence-corrected chi connectivity index (χ1v) is 36.7. The summed E-state index contributed by atoms with van der Waals surface area (Å²) in [4.78, 5) is 0. The largest absolute Gasteiger partial charge is 0.673 e. The average molecular weight is 1290 g/mol. The summed E-state index contributed by atoms with van der Waals surface area (Å²) in [7, 11) is 4.03. The molecule has 12 heteroatoms. The monoisotopic (exact) mass is 1290 g/mol. The molecule has 10 rings (SSSR count). The van der Waals surface area contributed by atoms with Crippen LogP contribution in [0.1, 0.15) is 12.5 Å². The van der Waals surface area contributed by atoms with Crippen LogP contribution in [0.15, 0.2) is 309 Å². The van der Waals surface area contributed by atoms with Gasteiger partial charge >= 0.3 is 224 Å². The predicted molar refractivity (Wildman–Crippen MR) is 330 cm³/mol. The van der Waals surface area contributed by atoms with Gasteiger partial charge in [0.05, 0.1) is 0 Å². The van der Waals surface area contributed by atoms with E-state index in [-0.39, 0.29) is 0 Å². The topological polar surface area (TPSA) is 23.9 Å². The Kier molecular flexibility index (Phi) is 22.8. The van der Waals surface area contributed by atoms with Crippen LogP contribution in [0, 0.1) is 5.41 Å². The zero-order chi connectivity index (χ0) is 54.3. The Morgan fingerprint density at radius 2 is 0.571 bits per heavy atom. The second kappa shape index (κ2) is 30.1. The summed E-state index contributed by atoms with van der Waals surface area (Å²) >= 11 is -2.63. The Morgan fingerprint density at radius 3 is 0.766 bits per heavy atom. The Bertz CT molecular complexity index is 2970. The smallest absolute Gasteiger partial charge is 0.418 e. The summed E-state index contributed by atoms with van der Waals surface area (Å²) in [5.41, 5.74) is 2.40. The minimum Gasteiger partial charge on any atom is -0.418 e. The van der Waals surface area contributed by atoms with Crippen molar-refractivity contribution in [2.24, 2.45) is 0 Å². The van der Waals surface area contributed by atoms with Crippen molar-refractivity contribution in [1.82, 2.24) is 0 Å². The summed E-state index contributed by atoms with van der Waals surface area (Å²) < 4.78 is 41.1. The fourth-order valence-corrected chi connectivity index (χ4v) is 22.9. The molecule has 10 aromatic carbocycles. The van der Waals surface area contributed by atoms with Gasteiger partial charge in [-0.3, -0.25) is 0 Å². The van der Waals surface area contributed by atoms with Crippen molar-refractivity contribution in [3.05, 3.63) is 314 Å². The fraction of sp³-hybridized carbons (Fsp3) is 0.0154. The molecule has 0 aliphatic heterocycles. The van der Waals surface area contributed by atoms with Crippen molar-refractivity contribution in [1.29, 1.82) is 5.41 Å². The van der Waals surface area contributed by atoms with Crippen LogP contribution in [-0.2, 0) is 13.8 Å². The number of halogens is 6. The maximum atomic E-state index is 9.75. The van der Waals surface area contributed by atoms with Gasteiger partial charge in [0.1, 0.15) is 0 Å². The molecule has 0 aliphatic carbocycles. The van der Waals surface area contributed by atoms with E-state index < -0.39 is 44.1 Å². The molecule has 0 fully saturated rings. The molecule has 388 valence electrons. The number of hydrogen-bond acceptors (Lipinski definition) is 1. The average Bonchev–Trinajstić information content (AvgIpc) is 3.47. The minimum absolute atomic E-state index is 0.446. The first-order chi connectivity index (χ1) is 37.4. The molecule has 0 radical (unpaired) electrons. The second-order valence-electron chi connectivity index (χ2n) is 16.9. The van der Waals surface area contributed by atoms with Gasteiger partial charge in [-0.05, 0) is 47.7 Å². The summed E-state index contributed by atoms with van der Waals surface area (Å²) in [6.07, 6.45) is 0. The van der Waals surface area contributed by atoms with Crippen molar-refractivity contribution in [2.45, 2.75) is 6.92 Å².